The zero-order valence-corrected chi connectivity index (χ0v) is 8.44. The number of allylic oxidation sites excluding steroid dienone is 2. The summed E-state index contributed by atoms with van der Waals surface area (Å²) in [5, 5.41) is 22.7. The van der Waals surface area contributed by atoms with Gasteiger partial charge in [0, 0.05) is 18.1 Å². The molecule has 0 saturated carbocycles. The van der Waals surface area contributed by atoms with Crippen molar-refractivity contribution in [3.05, 3.63) is 35.0 Å². The number of carbonyl (C=O) groups is 1. The van der Waals surface area contributed by atoms with Gasteiger partial charge in [-0.3, -0.25) is 4.99 Å². The number of rotatable bonds is 2. The first-order valence-corrected chi connectivity index (χ1v) is 4.30. The molecule has 0 fully saturated rings. The SMILES string of the molecule is CC1=CNC(C)=C([O-])/C1=C\N=CC(=O)O. The van der Waals surface area contributed by atoms with Crippen LogP contribution in [0.3, 0.4) is 0 Å². The second kappa shape index (κ2) is 4.45. The first-order valence-electron chi connectivity index (χ1n) is 4.30. The molecule has 5 heteroatoms. The van der Waals surface area contributed by atoms with E-state index in [1.165, 1.54) is 6.20 Å². The molecule has 0 amide bonds. The number of hydrogen-bond acceptors (Lipinski definition) is 4. The summed E-state index contributed by atoms with van der Waals surface area (Å²) in [5.41, 5.74) is 1.63. The lowest BCUT2D eigenvalue weighted by Gasteiger charge is -2.24. The Bertz CT molecular complexity index is 403. The quantitative estimate of drug-likeness (QED) is 0.630. The van der Waals surface area contributed by atoms with Gasteiger partial charge in [0.15, 0.2) is 0 Å². The number of hydrogen-bond donors (Lipinski definition) is 2. The maximum Gasteiger partial charge on any atom is 0.346 e. The van der Waals surface area contributed by atoms with Crippen molar-refractivity contribution in [3.63, 3.8) is 0 Å². The predicted octanol–water partition coefficient (Wildman–Crippen LogP) is 0.124. The molecule has 1 heterocycles. The van der Waals surface area contributed by atoms with Crippen LogP contribution in [0, 0.1) is 0 Å². The Morgan fingerprint density at radius 3 is 2.87 bits per heavy atom. The predicted molar refractivity (Wildman–Crippen MR) is 53.8 cm³/mol. The average Bonchev–Trinajstić information content (AvgIpc) is 2.17. The van der Waals surface area contributed by atoms with E-state index in [9.17, 15) is 9.90 Å². The minimum absolute atomic E-state index is 0.169. The van der Waals surface area contributed by atoms with Crippen LogP contribution in [-0.2, 0) is 4.79 Å². The molecule has 0 unspecified atom stereocenters. The topological polar surface area (TPSA) is 84.8 Å². The molecule has 0 saturated heterocycles. The van der Waals surface area contributed by atoms with Gasteiger partial charge >= 0.3 is 5.97 Å². The Balaban J connectivity index is 2.96. The molecular formula is C10H11N2O3-. The fourth-order valence-electron chi connectivity index (χ4n) is 1.08. The normalized spacial score (nSPS) is 19.3. The van der Waals surface area contributed by atoms with Crippen molar-refractivity contribution in [1.29, 1.82) is 0 Å². The molecule has 1 aliphatic rings. The van der Waals surface area contributed by atoms with Gasteiger partial charge in [-0.15, -0.1) is 0 Å². The molecule has 1 aliphatic heterocycles. The number of nitrogens with one attached hydrogen (secondary N) is 1. The molecule has 2 N–H and O–H groups in total. The lowest BCUT2D eigenvalue weighted by molar-refractivity contribution is -0.299. The van der Waals surface area contributed by atoms with Crippen molar-refractivity contribution in [2.75, 3.05) is 0 Å². The van der Waals surface area contributed by atoms with Crippen LogP contribution in [-0.4, -0.2) is 17.3 Å². The van der Waals surface area contributed by atoms with Crippen molar-refractivity contribution in [2.24, 2.45) is 4.99 Å². The first kappa shape index (κ1) is 11.0. The molecule has 80 valence electrons. The Morgan fingerprint density at radius 2 is 2.27 bits per heavy atom. The van der Waals surface area contributed by atoms with E-state index in [1.807, 2.05) is 0 Å². The Hall–Kier alpha value is -2.04. The Labute approximate surface area is 87.1 Å². The third-order valence-corrected chi connectivity index (χ3v) is 1.90. The van der Waals surface area contributed by atoms with Crippen molar-refractivity contribution >= 4 is 12.2 Å². The lowest BCUT2D eigenvalue weighted by atomic mass is 10.0. The maximum atomic E-state index is 11.6. The number of dihydropyridines is 1. The summed E-state index contributed by atoms with van der Waals surface area (Å²) >= 11 is 0. The van der Waals surface area contributed by atoms with Gasteiger partial charge in [-0.05, 0) is 25.0 Å². The van der Waals surface area contributed by atoms with Crippen LogP contribution in [0.15, 0.2) is 40.0 Å². The molecular weight excluding hydrogens is 196 g/mol. The summed E-state index contributed by atoms with van der Waals surface area (Å²) in [6.07, 6.45) is 3.68. The monoisotopic (exact) mass is 207 g/mol. The standard InChI is InChI=1S/C10H12N2O3/c1-6-3-12-7(2)10(15)8(6)4-11-5-9(13)14/h3-5,12,15H,1-2H3,(H,13,14)/p-1/b8-4-,11-5?. The molecule has 0 spiro atoms. The molecule has 5 nitrogen and oxygen atoms in total. The van der Waals surface area contributed by atoms with Crippen LogP contribution in [0.1, 0.15) is 13.8 Å². The van der Waals surface area contributed by atoms with Gasteiger partial charge < -0.3 is 15.5 Å². The smallest absolute Gasteiger partial charge is 0.346 e. The number of aliphatic imine (C=N–C) groups is 1. The molecule has 1 rings (SSSR count). The molecule has 0 aromatic rings. The number of carboxylic acids is 1. The Morgan fingerprint density at radius 1 is 1.60 bits per heavy atom. The molecule has 0 aromatic heterocycles. The molecule has 0 aliphatic carbocycles. The molecule has 0 radical (unpaired) electrons. The average molecular weight is 207 g/mol. The molecule has 15 heavy (non-hydrogen) atoms. The van der Waals surface area contributed by atoms with Crippen LogP contribution in [0.5, 0.6) is 0 Å². The van der Waals surface area contributed by atoms with E-state index < -0.39 is 5.97 Å². The zero-order valence-electron chi connectivity index (χ0n) is 8.44. The minimum Gasteiger partial charge on any atom is -0.871 e. The number of nitrogens with zero attached hydrogens (tertiary/aromatic N) is 1. The van der Waals surface area contributed by atoms with Gasteiger partial charge in [0.05, 0.1) is 0 Å². The third kappa shape index (κ3) is 2.70. The summed E-state index contributed by atoms with van der Waals surface area (Å²) in [4.78, 5) is 13.7. The lowest BCUT2D eigenvalue weighted by Crippen LogP contribution is -2.21. The van der Waals surface area contributed by atoms with Crippen molar-refractivity contribution < 1.29 is 15.0 Å². The molecule has 0 aromatic carbocycles. The van der Waals surface area contributed by atoms with Gasteiger partial charge in [-0.25, -0.2) is 4.79 Å². The summed E-state index contributed by atoms with van der Waals surface area (Å²) < 4.78 is 0. The highest BCUT2D eigenvalue weighted by Crippen LogP contribution is 2.20. The fraction of sp³-hybridized carbons (Fsp3) is 0.200. The number of aliphatic carboxylic acids is 1. The summed E-state index contributed by atoms with van der Waals surface area (Å²) in [7, 11) is 0. The van der Waals surface area contributed by atoms with Gasteiger partial charge in [-0.2, -0.15) is 0 Å². The Kier molecular flexibility index (Phi) is 3.28. The minimum atomic E-state index is -1.14. The maximum absolute atomic E-state index is 11.6. The zero-order chi connectivity index (χ0) is 11.4. The second-order valence-electron chi connectivity index (χ2n) is 3.08. The summed E-state index contributed by atoms with van der Waals surface area (Å²) in [5.74, 6) is -1.31. The molecule has 0 atom stereocenters. The van der Waals surface area contributed by atoms with Gasteiger partial charge in [-0.1, -0.05) is 5.76 Å². The van der Waals surface area contributed by atoms with Gasteiger partial charge in [0.2, 0.25) is 0 Å². The van der Waals surface area contributed by atoms with E-state index in [0.29, 0.717) is 11.3 Å². The van der Waals surface area contributed by atoms with Crippen LogP contribution in [0.2, 0.25) is 0 Å². The fourth-order valence-corrected chi connectivity index (χ4v) is 1.08. The van der Waals surface area contributed by atoms with Crippen molar-refractivity contribution in [1.82, 2.24) is 5.32 Å². The summed E-state index contributed by atoms with van der Waals surface area (Å²) in [6, 6.07) is 0. The van der Waals surface area contributed by atoms with Crippen LogP contribution >= 0.6 is 0 Å². The van der Waals surface area contributed by atoms with E-state index in [1.54, 1.807) is 20.0 Å². The molecule has 0 bridgehead atoms. The van der Waals surface area contributed by atoms with E-state index in [0.717, 1.165) is 11.8 Å². The van der Waals surface area contributed by atoms with Crippen LogP contribution in [0.4, 0.5) is 0 Å². The third-order valence-electron chi connectivity index (χ3n) is 1.90. The van der Waals surface area contributed by atoms with Gasteiger partial charge in [0.1, 0.15) is 6.21 Å². The highest BCUT2D eigenvalue weighted by molar-refractivity contribution is 6.22. The number of carboxylic acid groups (broad SMARTS) is 1. The van der Waals surface area contributed by atoms with Crippen LogP contribution in [0.25, 0.3) is 0 Å². The van der Waals surface area contributed by atoms with E-state index in [2.05, 4.69) is 10.3 Å². The first-order chi connectivity index (χ1) is 7.02. The van der Waals surface area contributed by atoms with E-state index >= 15 is 0 Å². The van der Waals surface area contributed by atoms with E-state index in [-0.39, 0.29) is 5.76 Å². The highest BCUT2D eigenvalue weighted by atomic mass is 16.4. The van der Waals surface area contributed by atoms with Crippen LogP contribution < -0.4 is 10.4 Å². The van der Waals surface area contributed by atoms with Gasteiger partial charge in [0.25, 0.3) is 0 Å². The largest absolute Gasteiger partial charge is 0.871 e. The summed E-state index contributed by atoms with van der Waals surface area (Å²) in [6.45, 7) is 3.40. The van der Waals surface area contributed by atoms with Crippen molar-refractivity contribution in [3.8, 4) is 0 Å². The van der Waals surface area contributed by atoms with E-state index in [4.69, 9.17) is 5.11 Å². The van der Waals surface area contributed by atoms with Crippen molar-refractivity contribution in [2.45, 2.75) is 13.8 Å². The highest BCUT2D eigenvalue weighted by Gasteiger charge is 2.06. The second-order valence-corrected chi connectivity index (χ2v) is 3.08.